The van der Waals surface area contributed by atoms with Gasteiger partial charge in [-0.25, -0.2) is 4.79 Å². The van der Waals surface area contributed by atoms with Gasteiger partial charge in [-0.2, -0.15) is 0 Å². The normalized spacial score (nSPS) is 17.5. The number of fused-ring (bicyclic) bond motifs is 1. The van der Waals surface area contributed by atoms with Gasteiger partial charge in [-0.15, -0.1) is 0 Å². The molecule has 2 aromatic rings. The third-order valence-corrected chi connectivity index (χ3v) is 3.98. The summed E-state index contributed by atoms with van der Waals surface area (Å²) in [5.74, 6) is 0.0685. The third-order valence-electron chi connectivity index (χ3n) is 3.98. The number of nitrogens with one attached hydrogen (secondary N) is 3. The van der Waals surface area contributed by atoms with E-state index < -0.39 is 12.1 Å². The molecule has 3 rings (SSSR count). The van der Waals surface area contributed by atoms with Gasteiger partial charge >= 0.3 is 6.03 Å². The summed E-state index contributed by atoms with van der Waals surface area (Å²) < 4.78 is 5.70. The minimum absolute atomic E-state index is 0.385. The van der Waals surface area contributed by atoms with Gasteiger partial charge in [0.2, 0.25) is 0 Å². The fourth-order valence-electron chi connectivity index (χ4n) is 2.69. The second-order valence-corrected chi connectivity index (χ2v) is 6.22. The van der Waals surface area contributed by atoms with E-state index in [1.165, 1.54) is 5.56 Å². The highest BCUT2D eigenvalue weighted by Crippen LogP contribution is 2.26. The fraction of sp³-hybridized carbons (Fsp3) is 0.412. The SMILES string of the molecule is CN(C)CCNCCc1ccc2oc([C@@H]3NC(=O)NC3=O)cc2c1. The maximum atomic E-state index is 11.7. The lowest BCUT2D eigenvalue weighted by molar-refractivity contribution is -0.120. The molecule has 1 aromatic carbocycles. The predicted octanol–water partition coefficient (Wildman–Crippen LogP) is 1.01. The van der Waals surface area contributed by atoms with Gasteiger partial charge in [-0.3, -0.25) is 10.1 Å². The van der Waals surface area contributed by atoms with E-state index >= 15 is 0 Å². The van der Waals surface area contributed by atoms with E-state index in [0.717, 1.165) is 31.4 Å². The predicted molar refractivity (Wildman–Crippen MR) is 90.8 cm³/mol. The topological polar surface area (TPSA) is 86.6 Å². The molecule has 1 aliphatic rings. The Morgan fingerprint density at radius 2 is 2.04 bits per heavy atom. The molecule has 0 unspecified atom stereocenters. The number of carbonyl (C=O) groups is 2. The number of amides is 3. The molecule has 0 spiro atoms. The van der Waals surface area contributed by atoms with E-state index in [0.29, 0.717) is 11.3 Å². The molecule has 0 bridgehead atoms. The number of benzene rings is 1. The Balaban J connectivity index is 1.64. The summed E-state index contributed by atoms with van der Waals surface area (Å²) >= 11 is 0. The monoisotopic (exact) mass is 330 g/mol. The van der Waals surface area contributed by atoms with Crippen LogP contribution >= 0.6 is 0 Å². The number of nitrogens with zero attached hydrogens (tertiary/aromatic N) is 1. The quantitative estimate of drug-likeness (QED) is 0.521. The van der Waals surface area contributed by atoms with Crippen molar-refractivity contribution in [1.82, 2.24) is 20.9 Å². The number of imide groups is 1. The molecular weight excluding hydrogens is 308 g/mol. The van der Waals surface area contributed by atoms with Gasteiger partial charge in [0.15, 0.2) is 6.04 Å². The zero-order chi connectivity index (χ0) is 17.1. The summed E-state index contributed by atoms with van der Waals surface area (Å²) in [5.41, 5.74) is 1.91. The number of urea groups is 1. The zero-order valence-corrected chi connectivity index (χ0v) is 13.9. The maximum absolute atomic E-state index is 11.7. The van der Waals surface area contributed by atoms with Crippen molar-refractivity contribution in [3.63, 3.8) is 0 Å². The summed E-state index contributed by atoms with van der Waals surface area (Å²) in [4.78, 5) is 25.1. The van der Waals surface area contributed by atoms with Crippen LogP contribution in [0.1, 0.15) is 17.4 Å². The number of hydrogen-bond acceptors (Lipinski definition) is 5. The van der Waals surface area contributed by atoms with Gasteiger partial charge in [-0.1, -0.05) is 6.07 Å². The van der Waals surface area contributed by atoms with Gasteiger partial charge in [0.1, 0.15) is 11.3 Å². The molecule has 1 fully saturated rings. The highest BCUT2D eigenvalue weighted by molar-refractivity contribution is 6.04. The molecule has 7 nitrogen and oxygen atoms in total. The Morgan fingerprint density at radius 1 is 1.21 bits per heavy atom. The zero-order valence-electron chi connectivity index (χ0n) is 13.9. The molecule has 0 saturated carbocycles. The van der Waals surface area contributed by atoms with Crippen molar-refractivity contribution in [2.24, 2.45) is 0 Å². The average molecular weight is 330 g/mol. The highest BCUT2D eigenvalue weighted by Gasteiger charge is 2.33. The Labute approximate surface area is 140 Å². The van der Waals surface area contributed by atoms with Gasteiger partial charge < -0.3 is 20.0 Å². The van der Waals surface area contributed by atoms with Crippen molar-refractivity contribution in [2.75, 3.05) is 33.7 Å². The summed E-state index contributed by atoms with van der Waals surface area (Å²) in [6.45, 7) is 2.88. The number of likely N-dealkylation sites (N-methyl/N-ethyl adjacent to an activating group) is 1. The van der Waals surface area contributed by atoms with E-state index in [-0.39, 0.29) is 5.91 Å². The molecule has 2 heterocycles. The van der Waals surface area contributed by atoms with Crippen LogP contribution in [0, 0.1) is 0 Å². The van der Waals surface area contributed by atoms with Crippen LogP contribution in [0.3, 0.4) is 0 Å². The van der Waals surface area contributed by atoms with Crippen molar-refractivity contribution in [3.05, 3.63) is 35.6 Å². The van der Waals surface area contributed by atoms with Crippen molar-refractivity contribution in [2.45, 2.75) is 12.5 Å². The minimum Gasteiger partial charge on any atom is -0.458 e. The molecule has 1 aliphatic heterocycles. The molecule has 1 atom stereocenters. The van der Waals surface area contributed by atoms with Crippen LogP contribution in [0.2, 0.25) is 0 Å². The van der Waals surface area contributed by atoms with Crippen LogP contribution in [0.25, 0.3) is 11.0 Å². The summed E-state index contributed by atoms with van der Waals surface area (Å²) in [7, 11) is 4.11. The lowest BCUT2D eigenvalue weighted by Gasteiger charge is -2.10. The first kappa shape index (κ1) is 16.5. The van der Waals surface area contributed by atoms with E-state index in [1.54, 1.807) is 0 Å². The smallest absolute Gasteiger partial charge is 0.322 e. The second-order valence-electron chi connectivity index (χ2n) is 6.22. The molecule has 128 valence electrons. The van der Waals surface area contributed by atoms with E-state index in [9.17, 15) is 9.59 Å². The van der Waals surface area contributed by atoms with Crippen molar-refractivity contribution in [1.29, 1.82) is 0 Å². The largest absolute Gasteiger partial charge is 0.458 e. The van der Waals surface area contributed by atoms with Crippen LogP contribution in [0.15, 0.2) is 28.7 Å². The van der Waals surface area contributed by atoms with Crippen molar-refractivity contribution in [3.8, 4) is 0 Å². The van der Waals surface area contributed by atoms with Crippen molar-refractivity contribution < 1.29 is 14.0 Å². The molecule has 0 aliphatic carbocycles. The van der Waals surface area contributed by atoms with Crippen LogP contribution in [0.5, 0.6) is 0 Å². The fourth-order valence-corrected chi connectivity index (χ4v) is 2.69. The molecule has 7 heteroatoms. The molecule has 0 radical (unpaired) electrons. The van der Waals surface area contributed by atoms with Crippen LogP contribution in [0.4, 0.5) is 4.79 Å². The van der Waals surface area contributed by atoms with Gasteiger partial charge in [-0.05, 0) is 50.8 Å². The standard InChI is InChI=1S/C17H22N4O3/c1-21(2)8-7-18-6-5-11-3-4-13-12(9-11)10-14(24-13)15-16(22)20-17(23)19-15/h3-4,9-10,15,18H,5-8H2,1-2H3,(H2,19,20,22,23)/t15-/m0/s1. The lowest BCUT2D eigenvalue weighted by Crippen LogP contribution is -2.27. The van der Waals surface area contributed by atoms with Gasteiger partial charge in [0, 0.05) is 18.5 Å². The van der Waals surface area contributed by atoms with E-state index in [2.05, 4.69) is 41.0 Å². The van der Waals surface area contributed by atoms with Crippen LogP contribution in [-0.2, 0) is 11.2 Å². The second kappa shape index (κ2) is 7.02. The Morgan fingerprint density at radius 3 is 2.75 bits per heavy atom. The Hall–Kier alpha value is -2.38. The summed E-state index contributed by atoms with van der Waals surface area (Å²) in [5, 5.41) is 9.10. The highest BCUT2D eigenvalue weighted by atomic mass is 16.3. The lowest BCUT2D eigenvalue weighted by atomic mass is 10.1. The van der Waals surface area contributed by atoms with Gasteiger partial charge in [0.05, 0.1) is 0 Å². The molecule has 24 heavy (non-hydrogen) atoms. The number of hydrogen-bond donors (Lipinski definition) is 3. The Bertz CT molecular complexity index is 753. The Kier molecular flexibility index (Phi) is 4.82. The third kappa shape index (κ3) is 3.74. The first-order chi connectivity index (χ1) is 11.5. The molecule has 1 aromatic heterocycles. The number of carbonyl (C=O) groups excluding carboxylic acids is 2. The minimum atomic E-state index is -0.749. The first-order valence-corrected chi connectivity index (χ1v) is 8.02. The van der Waals surface area contributed by atoms with Gasteiger partial charge in [0.25, 0.3) is 5.91 Å². The molecular formula is C17H22N4O3. The summed E-state index contributed by atoms with van der Waals surface area (Å²) in [6.07, 6.45) is 0.921. The number of rotatable bonds is 7. The molecule has 1 saturated heterocycles. The average Bonchev–Trinajstić information content (AvgIpc) is 3.08. The maximum Gasteiger partial charge on any atom is 0.322 e. The van der Waals surface area contributed by atoms with E-state index in [4.69, 9.17) is 4.42 Å². The van der Waals surface area contributed by atoms with Crippen LogP contribution in [-0.4, -0.2) is 50.6 Å². The molecule has 3 amide bonds. The van der Waals surface area contributed by atoms with Crippen LogP contribution < -0.4 is 16.0 Å². The van der Waals surface area contributed by atoms with Crippen molar-refractivity contribution >= 4 is 22.9 Å². The number of furan rings is 1. The summed E-state index contributed by atoms with van der Waals surface area (Å²) in [6, 6.07) is 6.56. The van der Waals surface area contributed by atoms with E-state index in [1.807, 2.05) is 18.2 Å². The molecule has 3 N–H and O–H groups in total. The first-order valence-electron chi connectivity index (χ1n) is 8.02.